The zero-order chi connectivity index (χ0) is 12.4. The second-order valence-corrected chi connectivity index (χ2v) is 6.71. The van der Waals surface area contributed by atoms with E-state index in [9.17, 15) is 0 Å². The molecule has 0 saturated heterocycles. The van der Waals surface area contributed by atoms with Crippen LogP contribution < -0.4 is 5.32 Å². The summed E-state index contributed by atoms with van der Waals surface area (Å²) in [7, 11) is 0. The van der Waals surface area contributed by atoms with Crippen molar-refractivity contribution >= 4 is 0 Å². The van der Waals surface area contributed by atoms with E-state index in [4.69, 9.17) is 4.74 Å². The lowest BCUT2D eigenvalue weighted by Crippen LogP contribution is -2.67. The summed E-state index contributed by atoms with van der Waals surface area (Å²) in [5.41, 5.74) is 0.547. The van der Waals surface area contributed by atoms with Crippen LogP contribution in [0.5, 0.6) is 0 Å². The van der Waals surface area contributed by atoms with Gasteiger partial charge in [0.2, 0.25) is 0 Å². The van der Waals surface area contributed by atoms with Crippen LogP contribution in [0.2, 0.25) is 0 Å². The molecule has 0 aromatic heterocycles. The number of hydrogen-bond donors (Lipinski definition) is 1. The van der Waals surface area contributed by atoms with Gasteiger partial charge in [-0.25, -0.2) is 0 Å². The van der Waals surface area contributed by atoms with Gasteiger partial charge in [-0.2, -0.15) is 0 Å². The van der Waals surface area contributed by atoms with E-state index < -0.39 is 0 Å². The minimum atomic E-state index is 0.547. The molecule has 0 aromatic rings. The SMILES string of the molecule is CCOC1CC(NCCC2CCCC2)C12CCC2. The van der Waals surface area contributed by atoms with Crippen molar-refractivity contribution in [2.75, 3.05) is 13.2 Å². The van der Waals surface area contributed by atoms with Crippen LogP contribution in [0.15, 0.2) is 0 Å². The molecule has 2 unspecified atom stereocenters. The van der Waals surface area contributed by atoms with E-state index in [0.717, 1.165) is 18.6 Å². The van der Waals surface area contributed by atoms with Crippen LogP contribution in [0.25, 0.3) is 0 Å². The van der Waals surface area contributed by atoms with Crippen LogP contribution in [-0.2, 0) is 4.74 Å². The average molecular weight is 251 g/mol. The van der Waals surface area contributed by atoms with E-state index in [1.165, 1.54) is 64.3 Å². The van der Waals surface area contributed by atoms with Crippen molar-refractivity contribution < 1.29 is 4.74 Å². The highest BCUT2D eigenvalue weighted by molar-refractivity contribution is 5.12. The predicted octanol–water partition coefficient (Wildman–Crippen LogP) is 3.50. The number of ether oxygens (including phenoxy) is 1. The third-order valence-corrected chi connectivity index (χ3v) is 5.86. The zero-order valence-electron chi connectivity index (χ0n) is 11.9. The van der Waals surface area contributed by atoms with Crippen molar-refractivity contribution in [1.29, 1.82) is 0 Å². The molecule has 1 N–H and O–H groups in total. The van der Waals surface area contributed by atoms with Gasteiger partial charge in [-0.1, -0.05) is 32.1 Å². The maximum absolute atomic E-state index is 5.91. The van der Waals surface area contributed by atoms with Crippen molar-refractivity contribution in [3.05, 3.63) is 0 Å². The highest BCUT2D eigenvalue weighted by Gasteiger charge is 2.58. The molecular formula is C16H29NO. The van der Waals surface area contributed by atoms with Crippen LogP contribution in [-0.4, -0.2) is 25.3 Å². The van der Waals surface area contributed by atoms with E-state index >= 15 is 0 Å². The molecule has 3 aliphatic carbocycles. The molecule has 0 radical (unpaired) electrons. The number of nitrogens with one attached hydrogen (secondary N) is 1. The molecule has 0 bridgehead atoms. The van der Waals surface area contributed by atoms with Gasteiger partial charge in [0.1, 0.15) is 0 Å². The molecule has 2 nitrogen and oxygen atoms in total. The van der Waals surface area contributed by atoms with E-state index in [-0.39, 0.29) is 0 Å². The Morgan fingerprint density at radius 1 is 1.17 bits per heavy atom. The van der Waals surface area contributed by atoms with Crippen molar-refractivity contribution in [2.24, 2.45) is 11.3 Å². The molecule has 3 fully saturated rings. The fourth-order valence-corrected chi connectivity index (χ4v) is 4.49. The molecule has 1 spiro atoms. The standard InChI is InChI=1S/C16H29NO/c1-2-18-15-12-14(16(15)9-5-10-16)17-11-8-13-6-3-4-7-13/h13-15,17H,2-12H2,1H3. The Hall–Kier alpha value is -0.0800. The van der Waals surface area contributed by atoms with Crippen molar-refractivity contribution in [3.8, 4) is 0 Å². The van der Waals surface area contributed by atoms with E-state index in [2.05, 4.69) is 12.2 Å². The molecule has 0 amide bonds. The summed E-state index contributed by atoms with van der Waals surface area (Å²) in [6, 6.07) is 0.768. The molecule has 18 heavy (non-hydrogen) atoms. The van der Waals surface area contributed by atoms with Crippen LogP contribution in [0.3, 0.4) is 0 Å². The van der Waals surface area contributed by atoms with Crippen molar-refractivity contribution in [1.82, 2.24) is 5.32 Å². The maximum Gasteiger partial charge on any atom is 0.0661 e. The molecule has 0 aliphatic heterocycles. The first kappa shape index (κ1) is 12.9. The minimum absolute atomic E-state index is 0.547. The van der Waals surface area contributed by atoms with Crippen LogP contribution in [0, 0.1) is 11.3 Å². The van der Waals surface area contributed by atoms with E-state index in [1.54, 1.807) is 0 Å². The largest absolute Gasteiger partial charge is 0.378 e. The van der Waals surface area contributed by atoms with Crippen LogP contribution in [0.1, 0.15) is 64.7 Å². The fourth-order valence-electron chi connectivity index (χ4n) is 4.49. The second-order valence-electron chi connectivity index (χ2n) is 6.71. The lowest BCUT2D eigenvalue weighted by Gasteiger charge is -2.61. The monoisotopic (exact) mass is 251 g/mol. The highest BCUT2D eigenvalue weighted by Crippen LogP contribution is 2.57. The first-order valence-electron chi connectivity index (χ1n) is 8.20. The molecule has 3 rings (SSSR count). The summed E-state index contributed by atoms with van der Waals surface area (Å²) >= 11 is 0. The van der Waals surface area contributed by atoms with Gasteiger partial charge in [0.25, 0.3) is 0 Å². The molecule has 3 saturated carbocycles. The first-order valence-corrected chi connectivity index (χ1v) is 8.20. The summed E-state index contributed by atoms with van der Waals surface area (Å²) < 4.78 is 5.91. The second kappa shape index (κ2) is 5.50. The van der Waals surface area contributed by atoms with Gasteiger partial charge in [0.05, 0.1) is 6.10 Å². The fraction of sp³-hybridized carbons (Fsp3) is 1.00. The van der Waals surface area contributed by atoms with Gasteiger partial charge in [-0.05, 0) is 45.1 Å². The lowest BCUT2D eigenvalue weighted by atomic mass is 9.51. The summed E-state index contributed by atoms with van der Waals surface area (Å²) in [6.45, 7) is 4.27. The Balaban J connectivity index is 1.40. The molecular weight excluding hydrogens is 222 g/mol. The Morgan fingerprint density at radius 2 is 1.94 bits per heavy atom. The summed E-state index contributed by atoms with van der Waals surface area (Å²) in [6.07, 6.45) is 13.4. The van der Waals surface area contributed by atoms with Crippen LogP contribution in [0.4, 0.5) is 0 Å². The normalized spacial score (nSPS) is 34.5. The third kappa shape index (κ3) is 2.22. The average Bonchev–Trinajstić information content (AvgIpc) is 2.77. The topological polar surface area (TPSA) is 21.3 Å². The molecule has 2 atom stereocenters. The quantitative estimate of drug-likeness (QED) is 0.780. The molecule has 104 valence electrons. The Morgan fingerprint density at radius 3 is 2.56 bits per heavy atom. The van der Waals surface area contributed by atoms with Gasteiger partial charge in [0.15, 0.2) is 0 Å². The van der Waals surface area contributed by atoms with E-state index in [1.807, 2.05) is 0 Å². The molecule has 3 aliphatic rings. The minimum Gasteiger partial charge on any atom is -0.378 e. The molecule has 2 heteroatoms. The summed E-state index contributed by atoms with van der Waals surface area (Å²) in [5.74, 6) is 1.03. The lowest BCUT2D eigenvalue weighted by molar-refractivity contribution is -0.172. The summed E-state index contributed by atoms with van der Waals surface area (Å²) in [5, 5.41) is 3.85. The Kier molecular flexibility index (Phi) is 3.95. The Labute approximate surface area is 112 Å². The first-order chi connectivity index (χ1) is 8.85. The van der Waals surface area contributed by atoms with Gasteiger partial charge in [-0.15, -0.1) is 0 Å². The van der Waals surface area contributed by atoms with Crippen molar-refractivity contribution in [2.45, 2.75) is 76.9 Å². The van der Waals surface area contributed by atoms with Crippen molar-refractivity contribution in [3.63, 3.8) is 0 Å². The number of rotatable bonds is 6. The van der Waals surface area contributed by atoms with Gasteiger partial charge < -0.3 is 10.1 Å². The smallest absolute Gasteiger partial charge is 0.0661 e. The van der Waals surface area contributed by atoms with Gasteiger partial charge >= 0.3 is 0 Å². The predicted molar refractivity (Wildman–Crippen MR) is 74.7 cm³/mol. The van der Waals surface area contributed by atoms with E-state index in [0.29, 0.717) is 11.5 Å². The molecule has 0 aromatic carbocycles. The zero-order valence-corrected chi connectivity index (χ0v) is 11.9. The molecule has 0 heterocycles. The summed E-state index contributed by atoms with van der Waals surface area (Å²) in [4.78, 5) is 0. The Bertz CT molecular complexity index is 268. The number of hydrogen-bond acceptors (Lipinski definition) is 2. The van der Waals surface area contributed by atoms with Gasteiger partial charge in [0, 0.05) is 18.1 Å². The van der Waals surface area contributed by atoms with Crippen LogP contribution >= 0.6 is 0 Å². The third-order valence-electron chi connectivity index (χ3n) is 5.86. The highest BCUT2D eigenvalue weighted by atomic mass is 16.5. The maximum atomic E-state index is 5.91. The van der Waals surface area contributed by atoms with Gasteiger partial charge in [-0.3, -0.25) is 0 Å².